The first-order valence-corrected chi connectivity index (χ1v) is 18.4. The summed E-state index contributed by atoms with van der Waals surface area (Å²) in [4.78, 5) is 0. The minimum atomic E-state index is -2.55. The monoisotopic (exact) mass is 621 g/mol. The molecule has 0 unspecified atom stereocenters. The maximum absolute atomic E-state index is 2.55. The van der Waals surface area contributed by atoms with Crippen molar-refractivity contribution in [2.24, 2.45) is 0 Å². The second-order valence-electron chi connectivity index (χ2n) is 12.6. The van der Waals surface area contributed by atoms with Gasteiger partial charge in [0.1, 0.15) is 0 Å². The van der Waals surface area contributed by atoms with Gasteiger partial charge in [0.2, 0.25) is 0 Å². The zero-order valence-corrected chi connectivity index (χ0v) is 28.6. The number of hydrogen-bond acceptors (Lipinski definition) is 1. The van der Waals surface area contributed by atoms with Gasteiger partial charge in [0.05, 0.1) is 0 Å². The molecule has 1 N–H and O–H groups in total. The zero-order chi connectivity index (χ0) is 27.6. The summed E-state index contributed by atoms with van der Waals surface area (Å²) in [6.45, 7) is 28.8. The summed E-state index contributed by atoms with van der Waals surface area (Å²) in [6, 6.07) is 21.7. The quantitative estimate of drug-likeness (QED) is 0.220. The van der Waals surface area contributed by atoms with Crippen molar-refractivity contribution in [3.8, 4) is 0 Å². The Morgan fingerprint density at radius 2 is 0.500 bits per heavy atom. The maximum atomic E-state index is 2.45. The molecule has 0 saturated heterocycles. The molecule has 0 atom stereocenters. The second-order valence-corrected chi connectivity index (χ2v) is 18.4. The third-order valence-electron chi connectivity index (χ3n) is 7.70. The minimum Gasteiger partial charge on any atom is -0.870 e. The van der Waals surface area contributed by atoms with E-state index in [2.05, 4.69) is 138 Å². The molecular weight excluding hydrogens is 570 g/mol. The minimum absolute atomic E-state index is 0. The van der Waals surface area contributed by atoms with Crippen LogP contribution in [-0.4, -0.2) is 25.7 Å². The van der Waals surface area contributed by atoms with E-state index in [1.54, 1.807) is 43.9 Å². The fourth-order valence-electron chi connectivity index (χ4n) is 5.65. The van der Waals surface area contributed by atoms with Gasteiger partial charge in [-0.3, -0.25) is 0 Å². The van der Waals surface area contributed by atoms with E-state index in [0.29, 0.717) is 35.5 Å². The Hall–Kier alpha value is -1.56. The normalized spacial score (nSPS) is 12.1. The SMILES string of the molecule is CC(C)c1cccc(C(C)C)[c]1[Sb+]([c]1c(C(C)C)cccc1C(C)C)[c]1c(C(C)C)cccc1C(C)C.[OH-]. The zero-order valence-electron chi connectivity index (χ0n) is 26.1. The summed E-state index contributed by atoms with van der Waals surface area (Å²) in [5.74, 6) is 3.02. The molecule has 0 aliphatic carbocycles. The van der Waals surface area contributed by atoms with Crippen LogP contribution < -0.4 is 10.5 Å². The maximum Gasteiger partial charge on any atom is -0.870 e. The van der Waals surface area contributed by atoms with E-state index < -0.39 is 20.2 Å². The molecule has 1 radical (unpaired) electrons. The van der Waals surface area contributed by atoms with Crippen LogP contribution in [0.2, 0.25) is 0 Å². The molecule has 2 heteroatoms. The van der Waals surface area contributed by atoms with E-state index in [0.717, 1.165) is 0 Å². The summed E-state index contributed by atoms with van der Waals surface area (Å²) >= 11 is -2.55. The molecule has 0 aliphatic rings. The molecule has 0 aromatic heterocycles. The van der Waals surface area contributed by atoms with E-state index in [4.69, 9.17) is 0 Å². The van der Waals surface area contributed by atoms with E-state index in [1.165, 1.54) is 0 Å². The summed E-state index contributed by atoms with van der Waals surface area (Å²) < 4.78 is 5.21. The number of rotatable bonds is 9. The van der Waals surface area contributed by atoms with Crippen molar-refractivity contribution in [1.29, 1.82) is 0 Å². The first-order valence-electron chi connectivity index (χ1n) is 14.6. The fraction of sp³-hybridized carbons (Fsp3) is 0.500. The molecule has 0 heterocycles. The van der Waals surface area contributed by atoms with Crippen LogP contribution in [0.5, 0.6) is 0 Å². The van der Waals surface area contributed by atoms with Crippen molar-refractivity contribution in [1.82, 2.24) is 0 Å². The molecule has 0 aliphatic heterocycles. The largest absolute Gasteiger partial charge is 0.870 e. The summed E-state index contributed by atoms with van der Waals surface area (Å²) in [6.07, 6.45) is 0. The van der Waals surface area contributed by atoms with Crippen molar-refractivity contribution in [3.63, 3.8) is 0 Å². The van der Waals surface area contributed by atoms with Crippen LogP contribution in [0.3, 0.4) is 0 Å². The van der Waals surface area contributed by atoms with Crippen LogP contribution in [0.15, 0.2) is 54.6 Å². The van der Waals surface area contributed by atoms with Crippen LogP contribution in [0, 0.1) is 0 Å². The van der Waals surface area contributed by atoms with E-state index >= 15 is 0 Å². The molecular formula is C36H52OSb. The van der Waals surface area contributed by atoms with Gasteiger partial charge in [-0.2, -0.15) is 0 Å². The van der Waals surface area contributed by atoms with Gasteiger partial charge in [-0.05, 0) is 0 Å². The topological polar surface area (TPSA) is 30.0 Å². The Bertz CT molecular complexity index is 970. The molecule has 3 aromatic carbocycles. The molecule has 0 bridgehead atoms. The Balaban J connectivity index is 0.00000507. The van der Waals surface area contributed by atoms with E-state index in [-0.39, 0.29) is 5.48 Å². The predicted octanol–water partition coefficient (Wildman–Crippen LogP) is 8.77. The van der Waals surface area contributed by atoms with Crippen molar-refractivity contribution in [2.45, 2.75) is 119 Å². The first-order chi connectivity index (χ1) is 17.4. The van der Waals surface area contributed by atoms with Crippen LogP contribution in [0.4, 0.5) is 0 Å². The van der Waals surface area contributed by atoms with Crippen molar-refractivity contribution < 1.29 is 5.48 Å². The number of hydrogen-bond donors (Lipinski definition) is 0. The van der Waals surface area contributed by atoms with Gasteiger partial charge in [0, 0.05) is 0 Å². The molecule has 0 spiro atoms. The average Bonchev–Trinajstić information content (AvgIpc) is 2.83. The molecule has 3 rings (SSSR count). The Labute approximate surface area is 241 Å². The predicted molar refractivity (Wildman–Crippen MR) is 170 cm³/mol. The van der Waals surface area contributed by atoms with Gasteiger partial charge >= 0.3 is 237 Å². The summed E-state index contributed by atoms with van der Waals surface area (Å²) in [5.41, 5.74) is 9.48. The first kappa shape index (κ1) is 32.6. The summed E-state index contributed by atoms with van der Waals surface area (Å²) in [5, 5.41) is 0. The molecule has 207 valence electrons. The Morgan fingerprint density at radius 1 is 0.342 bits per heavy atom. The standard InChI is InChI=1S/3C12H17.H2O.Sb/c3*1-9(2)11-6-5-7-12(8-11)10(3)4;;/h3*5-7,9-10H,1-4H3;1H2;/q;;;;+1/p-1. The van der Waals surface area contributed by atoms with Crippen LogP contribution >= 0.6 is 0 Å². The molecule has 1 nitrogen and oxygen atoms in total. The van der Waals surface area contributed by atoms with E-state index in [1.807, 2.05) is 0 Å². The molecule has 0 fully saturated rings. The Kier molecular flexibility index (Phi) is 11.7. The second kappa shape index (κ2) is 13.7. The molecule has 3 aromatic rings. The third-order valence-corrected chi connectivity index (χ3v) is 15.9. The van der Waals surface area contributed by atoms with Gasteiger partial charge in [-0.25, -0.2) is 0 Å². The number of benzene rings is 3. The van der Waals surface area contributed by atoms with Crippen LogP contribution in [0.25, 0.3) is 0 Å². The smallest absolute Gasteiger partial charge is 0.870 e. The third kappa shape index (κ3) is 6.59. The van der Waals surface area contributed by atoms with Crippen LogP contribution in [0.1, 0.15) is 152 Å². The van der Waals surface area contributed by atoms with Gasteiger partial charge < -0.3 is 5.48 Å². The van der Waals surface area contributed by atoms with Crippen LogP contribution in [-0.2, 0) is 0 Å². The van der Waals surface area contributed by atoms with Crippen molar-refractivity contribution in [2.75, 3.05) is 0 Å². The summed E-state index contributed by atoms with van der Waals surface area (Å²) in [7, 11) is 0. The van der Waals surface area contributed by atoms with Crippen molar-refractivity contribution in [3.05, 3.63) is 88.0 Å². The van der Waals surface area contributed by atoms with E-state index in [9.17, 15) is 0 Å². The van der Waals surface area contributed by atoms with Gasteiger partial charge in [0.15, 0.2) is 0 Å². The molecule has 0 saturated carbocycles. The average molecular weight is 623 g/mol. The Morgan fingerprint density at radius 3 is 0.632 bits per heavy atom. The van der Waals surface area contributed by atoms with Crippen molar-refractivity contribution >= 4 is 30.7 Å². The molecule has 38 heavy (non-hydrogen) atoms. The fourth-order valence-corrected chi connectivity index (χ4v) is 17.7. The van der Waals surface area contributed by atoms with Gasteiger partial charge in [0.25, 0.3) is 0 Å². The van der Waals surface area contributed by atoms with Gasteiger partial charge in [-0.1, -0.05) is 0 Å². The molecule has 0 amide bonds. The van der Waals surface area contributed by atoms with Gasteiger partial charge in [-0.15, -0.1) is 0 Å².